The molecule has 3 N–H and O–H groups in total. The molecule has 0 aliphatic heterocycles. The van der Waals surface area contributed by atoms with Crippen molar-refractivity contribution in [3.8, 4) is 0 Å². The quantitative estimate of drug-likeness (QED) is 0.296. The van der Waals surface area contributed by atoms with Crippen LogP contribution in [0.3, 0.4) is 0 Å². The number of aryl methyl sites for hydroxylation is 2. The zero-order valence-electron chi connectivity index (χ0n) is 15.9. The Labute approximate surface area is 176 Å². The molecule has 2 rings (SSSR count). The topological polar surface area (TPSA) is 109 Å². The molecule has 2 aromatic rings. The zero-order valence-corrected chi connectivity index (χ0v) is 18.2. The van der Waals surface area contributed by atoms with Gasteiger partial charge >= 0.3 is 0 Å². The Kier molecular flexibility index (Phi) is 10.3. The average molecular weight is 486 g/mol. The van der Waals surface area contributed by atoms with Gasteiger partial charge < -0.3 is 20.5 Å². The standard InChI is InChI=1S/C17H26N8O.HI/c1-4-15-24-21-12-25(15)11-10-20-17(18-3)19-9-8-16(26)23-14-7-5-6-13(2)22-14;/h5-7,12H,4,8-11H2,1-3H3,(H2,18,19,20)(H,22,23,26);1H. The summed E-state index contributed by atoms with van der Waals surface area (Å²) in [6.07, 6.45) is 2.89. The van der Waals surface area contributed by atoms with Crippen LogP contribution in [0.25, 0.3) is 0 Å². The van der Waals surface area contributed by atoms with Gasteiger partial charge in [0, 0.05) is 45.2 Å². The first-order chi connectivity index (χ1) is 12.6. The third-order valence-corrected chi connectivity index (χ3v) is 3.68. The van der Waals surface area contributed by atoms with Crippen LogP contribution in [0.2, 0.25) is 0 Å². The smallest absolute Gasteiger partial charge is 0.227 e. The number of halogens is 1. The number of aromatic nitrogens is 4. The Morgan fingerprint density at radius 1 is 1.26 bits per heavy atom. The minimum absolute atomic E-state index is 0. The van der Waals surface area contributed by atoms with E-state index < -0.39 is 0 Å². The molecule has 0 saturated heterocycles. The van der Waals surface area contributed by atoms with Crippen molar-refractivity contribution in [2.24, 2.45) is 4.99 Å². The van der Waals surface area contributed by atoms with Crippen LogP contribution >= 0.6 is 24.0 Å². The molecule has 2 aromatic heterocycles. The number of anilines is 1. The van der Waals surface area contributed by atoms with Gasteiger partial charge in [0.15, 0.2) is 5.96 Å². The fourth-order valence-corrected chi connectivity index (χ4v) is 2.37. The van der Waals surface area contributed by atoms with Gasteiger partial charge in [-0.1, -0.05) is 13.0 Å². The fourth-order valence-electron chi connectivity index (χ4n) is 2.37. The molecule has 0 spiro atoms. The van der Waals surface area contributed by atoms with Crippen LogP contribution in [-0.2, 0) is 17.8 Å². The van der Waals surface area contributed by atoms with Gasteiger partial charge in [-0.25, -0.2) is 4.98 Å². The van der Waals surface area contributed by atoms with Gasteiger partial charge in [-0.3, -0.25) is 9.79 Å². The summed E-state index contributed by atoms with van der Waals surface area (Å²) >= 11 is 0. The van der Waals surface area contributed by atoms with E-state index in [-0.39, 0.29) is 29.9 Å². The normalized spacial score (nSPS) is 10.9. The number of rotatable bonds is 8. The monoisotopic (exact) mass is 486 g/mol. The molecule has 27 heavy (non-hydrogen) atoms. The fraction of sp³-hybridized carbons (Fsp3) is 0.471. The molecule has 0 fully saturated rings. The van der Waals surface area contributed by atoms with Crippen LogP contribution in [-0.4, -0.2) is 51.8 Å². The van der Waals surface area contributed by atoms with Crippen LogP contribution in [0.5, 0.6) is 0 Å². The number of nitrogens with one attached hydrogen (secondary N) is 3. The van der Waals surface area contributed by atoms with Crippen molar-refractivity contribution in [3.05, 3.63) is 36.0 Å². The van der Waals surface area contributed by atoms with E-state index in [1.807, 2.05) is 30.5 Å². The number of amides is 1. The van der Waals surface area contributed by atoms with Crippen molar-refractivity contribution >= 4 is 41.7 Å². The van der Waals surface area contributed by atoms with Crippen molar-refractivity contribution in [1.82, 2.24) is 30.4 Å². The first-order valence-corrected chi connectivity index (χ1v) is 8.67. The number of hydrogen-bond acceptors (Lipinski definition) is 5. The third-order valence-electron chi connectivity index (χ3n) is 3.68. The molecule has 9 nitrogen and oxygen atoms in total. The summed E-state index contributed by atoms with van der Waals surface area (Å²) in [5.41, 5.74) is 0.866. The number of guanidine groups is 1. The molecule has 1 amide bonds. The average Bonchev–Trinajstić information content (AvgIpc) is 3.08. The number of carbonyl (C=O) groups is 1. The largest absolute Gasteiger partial charge is 0.356 e. The molecule has 0 unspecified atom stereocenters. The maximum Gasteiger partial charge on any atom is 0.227 e. The number of carbonyl (C=O) groups excluding carboxylic acids is 1. The molecule has 0 bridgehead atoms. The molecule has 0 saturated carbocycles. The molecular formula is C17H27IN8O. The van der Waals surface area contributed by atoms with Crippen LogP contribution < -0.4 is 16.0 Å². The lowest BCUT2D eigenvalue weighted by Crippen LogP contribution is -2.40. The van der Waals surface area contributed by atoms with E-state index >= 15 is 0 Å². The third kappa shape index (κ3) is 7.89. The lowest BCUT2D eigenvalue weighted by molar-refractivity contribution is -0.116. The van der Waals surface area contributed by atoms with Gasteiger partial charge in [-0.05, 0) is 19.1 Å². The Morgan fingerprint density at radius 3 is 2.74 bits per heavy atom. The lowest BCUT2D eigenvalue weighted by atomic mass is 10.3. The predicted octanol–water partition coefficient (Wildman–Crippen LogP) is 1.36. The predicted molar refractivity (Wildman–Crippen MR) is 116 cm³/mol. The SMILES string of the molecule is CCc1nncn1CCNC(=NC)NCCC(=O)Nc1cccc(C)n1.I. The summed E-state index contributed by atoms with van der Waals surface area (Å²) in [5, 5.41) is 17.1. The number of hydrogen-bond donors (Lipinski definition) is 3. The highest BCUT2D eigenvalue weighted by Crippen LogP contribution is 2.03. The van der Waals surface area contributed by atoms with Gasteiger partial charge in [0.05, 0.1) is 0 Å². The van der Waals surface area contributed by atoms with E-state index in [2.05, 4.69) is 36.1 Å². The second kappa shape index (κ2) is 12.2. The van der Waals surface area contributed by atoms with E-state index in [9.17, 15) is 4.79 Å². The summed E-state index contributed by atoms with van der Waals surface area (Å²) in [4.78, 5) is 20.4. The highest BCUT2D eigenvalue weighted by atomic mass is 127. The highest BCUT2D eigenvalue weighted by Gasteiger charge is 2.05. The van der Waals surface area contributed by atoms with Crippen molar-refractivity contribution < 1.29 is 4.79 Å². The lowest BCUT2D eigenvalue weighted by Gasteiger charge is -2.12. The molecule has 0 radical (unpaired) electrons. The molecule has 0 aliphatic rings. The molecule has 148 valence electrons. The van der Waals surface area contributed by atoms with E-state index in [1.165, 1.54) is 0 Å². The van der Waals surface area contributed by atoms with Gasteiger partial charge in [-0.2, -0.15) is 0 Å². The van der Waals surface area contributed by atoms with Gasteiger partial charge in [0.1, 0.15) is 18.0 Å². The minimum atomic E-state index is -0.0943. The molecule has 2 heterocycles. The maximum absolute atomic E-state index is 12.0. The van der Waals surface area contributed by atoms with E-state index in [1.54, 1.807) is 19.4 Å². The molecular weight excluding hydrogens is 459 g/mol. The van der Waals surface area contributed by atoms with Crippen LogP contribution in [0.1, 0.15) is 24.9 Å². The Morgan fingerprint density at radius 2 is 2.04 bits per heavy atom. The van der Waals surface area contributed by atoms with Gasteiger partial charge in [-0.15, -0.1) is 34.2 Å². The summed E-state index contributed by atoms with van der Waals surface area (Å²) in [6, 6.07) is 5.52. The number of nitrogens with zero attached hydrogens (tertiary/aromatic N) is 5. The van der Waals surface area contributed by atoms with Crippen LogP contribution in [0.15, 0.2) is 29.5 Å². The first kappa shape index (κ1) is 22.8. The van der Waals surface area contributed by atoms with Gasteiger partial charge in [0.2, 0.25) is 5.91 Å². The minimum Gasteiger partial charge on any atom is -0.356 e. The molecule has 0 aromatic carbocycles. The summed E-state index contributed by atoms with van der Waals surface area (Å²) < 4.78 is 2.00. The van der Waals surface area contributed by atoms with Crippen molar-refractivity contribution in [1.29, 1.82) is 0 Å². The summed E-state index contributed by atoms with van der Waals surface area (Å²) in [6.45, 7) is 5.84. The zero-order chi connectivity index (χ0) is 18.8. The van der Waals surface area contributed by atoms with E-state index in [0.29, 0.717) is 31.3 Å². The molecule has 0 aliphatic carbocycles. The molecule has 0 atom stereocenters. The Hall–Kier alpha value is -2.24. The van der Waals surface area contributed by atoms with E-state index in [4.69, 9.17) is 0 Å². The molecule has 10 heteroatoms. The summed E-state index contributed by atoms with van der Waals surface area (Å²) in [5.74, 6) is 2.08. The Bertz CT molecular complexity index is 746. The first-order valence-electron chi connectivity index (χ1n) is 8.67. The Balaban J connectivity index is 0.00000364. The number of pyridine rings is 1. The van der Waals surface area contributed by atoms with E-state index in [0.717, 1.165) is 24.5 Å². The van der Waals surface area contributed by atoms with Gasteiger partial charge in [0.25, 0.3) is 0 Å². The maximum atomic E-state index is 12.0. The van der Waals surface area contributed by atoms with Crippen molar-refractivity contribution in [3.63, 3.8) is 0 Å². The van der Waals surface area contributed by atoms with Crippen LogP contribution in [0, 0.1) is 6.92 Å². The highest BCUT2D eigenvalue weighted by molar-refractivity contribution is 14.0. The summed E-state index contributed by atoms with van der Waals surface area (Å²) in [7, 11) is 1.70. The van der Waals surface area contributed by atoms with Crippen LogP contribution in [0.4, 0.5) is 5.82 Å². The second-order valence-corrected chi connectivity index (χ2v) is 5.68. The van der Waals surface area contributed by atoms with Crippen molar-refractivity contribution in [2.45, 2.75) is 33.2 Å². The van der Waals surface area contributed by atoms with Crippen molar-refractivity contribution in [2.75, 3.05) is 25.5 Å². The number of aliphatic imine (C=N–C) groups is 1. The second-order valence-electron chi connectivity index (χ2n) is 5.68.